The van der Waals surface area contributed by atoms with E-state index >= 15 is 0 Å². The number of amides is 1. The molecule has 1 unspecified atom stereocenters. The maximum absolute atomic E-state index is 12.6. The van der Waals surface area contributed by atoms with Gasteiger partial charge in [0.2, 0.25) is 5.91 Å². The van der Waals surface area contributed by atoms with E-state index in [9.17, 15) is 4.79 Å². The molecule has 1 aromatic carbocycles. The third-order valence-corrected chi connectivity index (χ3v) is 3.78. The second-order valence-electron chi connectivity index (χ2n) is 5.43. The first-order valence-corrected chi connectivity index (χ1v) is 7.20. The lowest BCUT2D eigenvalue weighted by molar-refractivity contribution is -0.120. The summed E-state index contributed by atoms with van der Waals surface area (Å²) in [6, 6.07) is 13.8. The van der Waals surface area contributed by atoms with E-state index in [1.165, 1.54) is 0 Å². The van der Waals surface area contributed by atoms with Crippen LogP contribution in [0.25, 0.3) is 0 Å². The molecular formula is C17H19N3O. The summed E-state index contributed by atoms with van der Waals surface area (Å²) in [5.41, 5.74) is 3.99. The molecule has 1 aromatic heterocycles. The summed E-state index contributed by atoms with van der Waals surface area (Å²) in [5.74, 6) is 0.0863. The normalized spacial score (nSPS) is 18.3. The first-order chi connectivity index (χ1) is 10.1. The SMILES string of the molecule is Cc1cccc(CN2C(=O)C(C)NCc3ccccc32)n1. The number of hydrogen-bond donors (Lipinski definition) is 1. The second kappa shape index (κ2) is 5.66. The van der Waals surface area contributed by atoms with Crippen LogP contribution in [-0.4, -0.2) is 16.9 Å². The predicted molar refractivity (Wildman–Crippen MR) is 82.9 cm³/mol. The lowest BCUT2D eigenvalue weighted by Crippen LogP contribution is -2.42. The minimum Gasteiger partial charge on any atom is -0.305 e. The van der Waals surface area contributed by atoms with Gasteiger partial charge in [-0.3, -0.25) is 9.78 Å². The van der Waals surface area contributed by atoms with Crippen molar-refractivity contribution in [2.45, 2.75) is 33.0 Å². The number of carbonyl (C=O) groups excluding carboxylic acids is 1. The molecule has 1 amide bonds. The summed E-state index contributed by atoms with van der Waals surface area (Å²) in [6.07, 6.45) is 0. The van der Waals surface area contributed by atoms with E-state index in [2.05, 4.69) is 16.4 Å². The number of aryl methyl sites for hydroxylation is 1. The van der Waals surface area contributed by atoms with Crippen LogP contribution < -0.4 is 10.2 Å². The van der Waals surface area contributed by atoms with Crippen LogP contribution in [0.2, 0.25) is 0 Å². The molecule has 108 valence electrons. The Hall–Kier alpha value is -2.20. The molecule has 1 aliphatic rings. The predicted octanol–water partition coefficient (Wildman–Crippen LogP) is 2.41. The molecule has 3 rings (SSSR count). The van der Waals surface area contributed by atoms with Crippen LogP contribution >= 0.6 is 0 Å². The topological polar surface area (TPSA) is 45.2 Å². The van der Waals surface area contributed by atoms with Crippen LogP contribution in [0.4, 0.5) is 5.69 Å². The zero-order valence-corrected chi connectivity index (χ0v) is 12.3. The Balaban J connectivity index is 1.99. The van der Waals surface area contributed by atoms with Crippen molar-refractivity contribution in [1.29, 1.82) is 0 Å². The summed E-state index contributed by atoms with van der Waals surface area (Å²) in [6.45, 7) is 5.08. The second-order valence-corrected chi connectivity index (χ2v) is 5.43. The van der Waals surface area contributed by atoms with Gasteiger partial charge in [0, 0.05) is 17.9 Å². The molecule has 21 heavy (non-hydrogen) atoms. The third-order valence-electron chi connectivity index (χ3n) is 3.78. The number of fused-ring (bicyclic) bond motifs is 1. The number of anilines is 1. The molecule has 1 N–H and O–H groups in total. The number of carbonyl (C=O) groups is 1. The molecular weight excluding hydrogens is 262 g/mol. The molecule has 0 bridgehead atoms. The standard InChI is InChI=1S/C17H19N3O/c1-12-6-5-8-15(19-12)11-20-16-9-4-3-7-14(16)10-18-13(2)17(20)21/h3-9,13,18H,10-11H2,1-2H3. The summed E-state index contributed by atoms with van der Waals surface area (Å²) in [5, 5.41) is 3.27. The van der Waals surface area contributed by atoms with Gasteiger partial charge in [-0.2, -0.15) is 0 Å². The average molecular weight is 281 g/mol. The summed E-state index contributed by atoms with van der Waals surface area (Å²) < 4.78 is 0. The lowest BCUT2D eigenvalue weighted by Gasteiger charge is -2.24. The van der Waals surface area contributed by atoms with Gasteiger partial charge in [-0.05, 0) is 37.6 Å². The number of para-hydroxylation sites is 1. The van der Waals surface area contributed by atoms with Crippen LogP contribution in [-0.2, 0) is 17.9 Å². The van der Waals surface area contributed by atoms with Crippen molar-refractivity contribution >= 4 is 11.6 Å². The van der Waals surface area contributed by atoms with Crippen molar-refractivity contribution in [3.05, 3.63) is 59.4 Å². The van der Waals surface area contributed by atoms with Crippen molar-refractivity contribution in [2.75, 3.05) is 4.90 Å². The van der Waals surface area contributed by atoms with Gasteiger partial charge in [-0.15, -0.1) is 0 Å². The minimum atomic E-state index is -0.192. The van der Waals surface area contributed by atoms with Gasteiger partial charge in [0.05, 0.1) is 18.3 Å². The number of aromatic nitrogens is 1. The largest absolute Gasteiger partial charge is 0.305 e. The van der Waals surface area contributed by atoms with Crippen molar-refractivity contribution < 1.29 is 4.79 Å². The molecule has 0 aliphatic carbocycles. The van der Waals surface area contributed by atoms with E-state index in [-0.39, 0.29) is 11.9 Å². The van der Waals surface area contributed by atoms with E-state index in [1.807, 2.05) is 55.1 Å². The van der Waals surface area contributed by atoms with E-state index in [1.54, 1.807) is 0 Å². The van der Waals surface area contributed by atoms with Crippen molar-refractivity contribution in [3.63, 3.8) is 0 Å². The molecule has 0 radical (unpaired) electrons. The average Bonchev–Trinajstić information content (AvgIpc) is 2.60. The first-order valence-electron chi connectivity index (χ1n) is 7.20. The maximum atomic E-state index is 12.6. The molecule has 2 heterocycles. The molecule has 1 atom stereocenters. The van der Waals surface area contributed by atoms with Gasteiger partial charge < -0.3 is 10.2 Å². The number of nitrogens with zero attached hydrogens (tertiary/aromatic N) is 2. The minimum absolute atomic E-state index is 0.0863. The zero-order chi connectivity index (χ0) is 14.8. The smallest absolute Gasteiger partial charge is 0.244 e. The van der Waals surface area contributed by atoms with Gasteiger partial charge in [-0.1, -0.05) is 24.3 Å². The van der Waals surface area contributed by atoms with E-state index in [0.29, 0.717) is 13.1 Å². The highest BCUT2D eigenvalue weighted by atomic mass is 16.2. The van der Waals surface area contributed by atoms with Crippen LogP contribution in [0.3, 0.4) is 0 Å². The number of nitrogens with one attached hydrogen (secondary N) is 1. The highest BCUT2D eigenvalue weighted by Gasteiger charge is 2.27. The van der Waals surface area contributed by atoms with E-state index in [4.69, 9.17) is 0 Å². The zero-order valence-electron chi connectivity index (χ0n) is 12.3. The number of hydrogen-bond acceptors (Lipinski definition) is 3. The van der Waals surface area contributed by atoms with Crippen LogP contribution in [0, 0.1) is 6.92 Å². The Bertz CT molecular complexity index is 669. The molecule has 4 nitrogen and oxygen atoms in total. The first kappa shape index (κ1) is 13.8. The van der Waals surface area contributed by atoms with Gasteiger partial charge in [0.25, 0.3) is 0 Å². The molecule has 0 fully saturated rings. The molecule has 0 saturated carbocycles. The van der Waals surface area contributed by atoms with E-state index in [0.717, 1.165) is 22.6 Å². The summed E-state index contributed by atoms with van der Waals surface area (Å²) in [7, 11) is 0. The Morgan fingerprint density at radius 2 is 2.05 bits per heavy atom. The van der Waals surface area contributed by atoms with Crippen molar-refractivity contribution in [2.24, 2.45) is 0 Å². The fourth-order valence-electron chi connectivity index (χ4n) is 2.64. The number of pyridine rings is 1. The fourth-order valence-corrected chi connectivity index (χ4v) is 2.64. The van der Waals surface area contributed by atoms with Gasteiger partial charge in [-0.25, -0.2) is 0 Å². The van der Waals surface area contributed by atoms with Gasteiger partial charge >= 0.3 is 0 Å². The molecule has 2 aromatic rings. The Morgan fingerprint density at radius 1 is 1.24 bits per heavy atom. The Morgan fingerprint density at radius 3 is 2.86 bits per heavy atom. The lowest BCUT2D eigenvalue weighted by atomic mass is 10.1. The molecule has 1 aliphatic heterocycles. The monoisotopic (exact) mass is 281 g/mol. The molecule has 0 saturated heterocycles. The summed E-state index contributed by atoms with van der Waals surface area (Å²) >= 11 is 0. The van der Waals surface area contributed by atoms with Gasteiger partial charge in [0.1, 0.15) is 0 Å². The van der Waals surface area contributed by atoms with Crippen LogP contribution in [0.1, 0.15) is 23.9 Å². The number of rotatable bonds is 2. The molecule has 0 spiro atoms. The Labute approximate surface area is 124 Å². The van der Waals surface area contributed by atoms with Crippen LogP contribution in [0.15, 0.2) is 42.5 Å². The van der Waals surface area contributed by atoms with Gasteiger partial charge in [0.15, 0.2) is 0 Å². The fraction of sp³-hybridized carbons (Fsp3) is 0.294. The van der Waals surface area contributed by atoms with Crippen LogP contribution in [0.5, 0.6) is 0 Å². The quantitative estimate of drug-likeness (QED) is 0.919. The highest BCUT2D eigenvalue weighted by molar-refractivity contribution is 5.98. The molecule has 4 heteroatoms. The summed E-state index contributed by atoms with van der Waals surface area (Å²) in [4.78, 5) is 19.0. The van der Waals surface area contributed by atoms with E-state index < -0.39 is 0 Å². The van der Waals surface area contributed by atoms with Crippen molar-refractivity contribution in [3.8, 4) is 0 Å². The third kappa shape index (κ3) is 2.81. The Kier molecular flexibility index (Phi) is 3.71. The highest BCUT2D eigenvalue weighted by Crippen LogP contribution is 2.25. The number of benzene rings is 1. The van der Waals surface area contributed by atoms with Crippen molar-refractivity contribution in [1.82, 2.24) is 10.3 Å². The maximum Gasteiger partial charge on any atom is 0.244 e.